The summed E-state index contributed by atoms with van der Waals surface area (Å²) in [5.74, 6) is 0.357. The molecule has 0 unspecified atom stereocenters. The molecule has 148 valence electrons. The van der Waals surface area contributed by atoms with Gasteiger partial charge in [0.2, 0.25) is 15.9 Å². The predicted molar refractivity (Wildman–Crippen MR) is 102 cm³/mol. The molecule has 1 atom stereocenters. The molecule has 1 aliphatic carbocycles. The van der Waals surface area contributed by atoms with Crippen LogP contribution in [0.2, 0.25) is 0 Å². The Morgan fingerprint density at radius 2 is 1.70 bits per heavy atom. The quantitative estimate of drug-likeness (QED) is 0.852. The van der Waals surface area contributed by atoms with E-state index >= 15 is 0 Å². The van der Waals surface area contributed by atoms with Crippen LogP contribution in [0.15, 0.2) is 35.2 Å². The molecule has 1 aromatic rings. The number of benzene rings is 1. The van der Waals surface area contributed by atoms with E-state index in [1.165, 1.54) is 0 Å². The summed E-state index contributed by atoms with van der Waals surface area (Å²) in [4.78, 5) is 15.0. The zero-order valence-electron chi connectivity index (χ0n) is 15.6. The van der Waals surface area contributed by atoms with E-state index in [0.29, 0.717) is 18.1 Å². The summed E-state index contributed by atoms with van der Waals surface area (Å²) in [6.07, 6.45) is 5.31. The molecule has 2 aliphatic heterocycles. The highest BCUT2D eigenvalue weighted by atomic mass is 32.2. The van der Waals surface area contributed by atoms with Gasteiger partial charge in [-0.15, -0.1) is 0 Å². The number of carbonyl (C=O) groups excluding carboxylic acids is 1. The Kier molecular flexibility index (Phi) is 5.27. The van der Waals surface area contributed by atoms with E-state index in [-0.39, 0.29) is 23.3 Å². The Hall–Kier alpha value is -1.44. The van der Waals surface area contributed by atoms with Crippen molar-refractivity contribution in [2.45, 2.75) is 49.5 Å². The van der Waals surface area contributed by atoms with Crippen molar-refractivity contribution in [3.05, 3.63) is 30.3 Å². The van der Waals surface area contributed by atoms with Crippen molar-refractivity contribution in [1.29, 1.82) is 0 Å². The van der Waals surface area contributed by atoms with Crippen LogP contribution in [0.25, 0.3) is 0 Å². The fraction of sp³-hybridized carbons (Fsp3) is 0.650. The van der Waals surface area contributed by atoms with Crippen molar-refractivity contribution in [2.24, 2.45) is 11.3 Å². The van der Waals surface area contributed by atoms with Crippen molar-refractivity contribution in [2.75, 3.05) is 26.3 Å². The van der Waals surface area contributed by atoms with E-state index in [1.807, 2.05) is 11.0 Å². The van der Waals surface area contributed by atoms with Crippen LogP contribution >= 0.6 is 0 Å². The number of hydrogen-bond donors (Lipinski definition) is 1. The van der Waals surface area contributed by atoms with Crippen LogP contribution in [0.5, 0.6) is 0 Å². The molecule has 4 rings (SSSR count). The number of sulfonamides is 1. The molecule has 1 aromatic carbocycles. The Balaban J connectivity index is 1.36. The summed E-state index contributed by atoms with van der Waals surface area (Å²) in [6.45, 7) is 2.83. The van der Waals surface area contributed by atoms with Crippen molar-refractivity contribution >= 4 is 15.9 Å². The summed E-state index contributed by atoms with van der Waals surface area (Å²) >= 11 is 0. The number of piperidine rings is 1. The number of ether oxygens (including phenoxy) is 1. The summed E-state index contributed by atoms with van der Waals surface area (Å²) in [7, 11) is -3.49. The Labute approximate surface area is 161 Å². The summed E-state index contributed by atoms with van der Waals surface area (Å²) in [6, 6.07) is 8.53. The van der Waals surface area contributed by atoms with E-state index in [0.717, 1.165) is 51.6 Å². The van der Waals surface area contributed by atoms with Gasteiger partial charge in [0.1, 0.15) is 0 Å². The van der Waals surface area contributed by atoms with Gasteiger partial charge in [-0.3, -0.25) is 4.79 Å². The van der Waals surface area contributed by atoms with E-state index < -0.39 is 10.0 Å². The van der Waals surface area contributed by atoms with Gasteiger partial charge in [0.25, 0.3) is 0 Å². The molecule has 0 aromatic heterocycles. The van der Waals surface area contributed by atoms with Crippen LogP contribution < -0.4 is 4.72 Å². The third kappa shape index (κ3) is 3.77. The van der Waals surface area contributed by atoms with Crippen molar-refractivity contribution in [3.63, 3.8) is 0 Å². The van der Waals surface area contributed by atoms with Crippen LogP contribution in [0.1, 0.15) is 38.5 Å². The molecule has 3 fully saturated rings. The van der Waals surface area contributed by atoms with Crippen molar-refractivity contribution in [3.8, 4) is 0 Å². The second kappa shape index (κ2) is 7.53. The lowest BCUT2D eigenvalue weighted by Gasteiger charge is -2.54. The molecule has 1 N–H and O–H groups in total. The first-order valence-corrected chi connectivity index (χ1v) is 11.4. The highest BCUT2D eigenvalue weighted by molar-refractivity contribution is 7.89. The van der Waals surface area contributed by atoms with E-state index in [4.69, 9.17) is 4.74 Å². The predicted octanol–water partition coefficient (Wildman–Crippen LogP) is 2.16. The van der Waals surface area contributed by atoms with Crippen LogP contribution in [-0.4, -0.2) is 51.6 Å². The van der Waals surface area contributed by atoms with Gasteiger partial charge in [-0.1, -0.05) is 18.2 Å². The Morgan fingerprint density at radius 1 is 1.04 bits per heavy atom. The highest BCUT2D eigenvalue weighted by Gasteiger charge is 2.50. The zero-order chi connectivity index (χ0) is 18.9. The topological polar surface area (TPSA) is 75.7 Å². The van der Waals surface area contributed by atoms with Crippen molar-refractivity contribution in [1.82, 2.24) is 9.62 Å². The maximum Gasteiger partial charge on any atom is 0.240 e. The lowest BCUT2D eigenvalue weighted by molar-refractivity contribution is -0.142. The normalized spacial score (nSPS) is 25.9. The third-order valence-corrected chi connectivity index (χ3v) is 8.15. The van der Waals surface area contributed by atoms with E-state index in [9.17, 15) is 13.2 Å². The minimum Gasteiger partial charge on any atom is -0.381 e. The maximum atomic E-state index is 12.7. The van der Waals surface area contributed by atoms with Crippen LogP contribution in [0.3, 0.4) is 0 Å². The minimum atomic E-state index is -3.49. The Bertz CT molecular complexity index is 766. The molecule has 2 heterocycles. The second-order valence-electron chi connectivity index (χ2n) is 8.10. The highest BCUT2D eigenvalue weighted by Crippen LogP contribution is 2.49. The number of nitrogens with one attached hydrogen (secondary N) is 1. The third-order valence-electron chi connectivity index (χ3n) is 6.66. The second-order valence-corrected chi connectivity index (χ2v) is 9.81. The first kappa shape index (κ1) is 18.9. The van der Waals surface area contributed by atoms with E-state index in [1.54, 1.807) is 24.3 Å². The molecule has 7 heteroatoms. The van der Waals surface area contributed by atoms with Crippen LogP contribution in [0, 0.1) is 11.3 Å². The molecule has 6 nitrogen and oxygen atoms in total. The van der Waals surface area contributed by atoms with Gasteiger partial charge in [-0.05, 0) is 56.1 Å². The van der Waals surface area contributed by atoms with Gasteiger partial charge >= 0.3 is 0 Å². The number of amides is 1. The van der Waals surface area contributed by atoms with Crippen LogP contribution in [0.4, 0.5) is 0 Å². The number of hydrogen-bond acceptors (Lipinski definition) is 4. The van der Waals surface area contributed by atoms with Gasteiger partial charge in [0, 0.05) is 38.3 Å². The molecule has 3 aliphatic rings. The van der Waals surface area contributed by atoms with Gasteiger partial charge in [-0.25, -0.2) is 13.1 Å². The fourth-order valence-corrected chi connectivity index (χ4v) is 6.10. The molecule has 0 radical (unpaired) electrons. The number of rotatable bonds is 4. The molecule has 1 spiro atoms. The lowest BCUT2D eigenvalue weighted by atomic mass is 9.59. The van der Waals surface area contributed by atoms with Gasteiger partial charge < -0.3 is 9.64 Å². The SMILES string of the molecule is O=C(C1CCOCC1)N1CCC2(CC[C@H]2NS(=O)(=O)c2ccccc2)CC1. The standard InChI is InChI=1S/C20H28N2O4S/c23-19(16-7-14-26-15-8-16)22-12-10-20(11-13-22)9-6-18(20)21-27(24,25)17-4-2-1-3-5-17/h1-5,16,18,21H,6-15H2/t18-/m1/s1. The monoisotopic (exact) mass is 392 g/mol. The van der Waals surface area contributed by atoms with Gasteiger partial charge in [-0.2, -0.15) is 0 Å². The first-order valence-electron chi connectivity index (χ1n) is 9.94. The van der Waals surface area contributed by atoms with E-state index in [2.05, 4.69) is 4.72 Å². The summed E-state index contributed by atoms with van der Waals surface area (Å²) in [5, 5.41) is 0. The average Bonchev–Trinajstić information content (AvgIpc) is 2.72. The summed E-state index contributed by atoms with van der Waals surface area (Å²) < 4.78 is 33.6. The van der Waals surface area contributed by atoms with Gasteiger partial charge in [0.05, 0.1) is 4.90 Å². The van der Waals surface area contributed by atoms with Crippen molar-refractivity contribution < 1.29 is 17.9 Å². The zero-order valence-corrected chi connectivity index (χ0v) is 16.4. The number of nitrogens with zero attached hydrogens (tertiary/aromatic N) is 1. The maximum absolute atomic E-state index is 12.7. The molecule has 1 amide bonds. The lowest BCUT2D eigenvalue weighted by Crippen LogP contribution is -2.59. The fourth-order valence-electron chi connectivity index (χ4n) is 4.71. The molecular weight excluding hydrogens is 364 g/mol. The summed E-state index contributed by atoms with van der Waals surface area (Å²) in [5.41, 5.74) is 0.00824. The molecule has 27 heavy (non-hydrogen) atoms. The molecule has 0 bridgehead atoms. The Morgan fingerprint density at radius 3 is 2.30 bits per heavy atom. The van der Waals surface area contributed by atoms with Crippen LogP contribution in [-0.2, 0) is 19.6 Å². The van der Waals surface area contributed by atoms with Gasteiger partial charge in [0.15, 0.2) is 0 Å². The molecule has 1 saturated carbocycles. The minimum absolute atomic E-state index is 0.00824. The largest absolute Gasteiger partial charge is 0.381 e. The smallest absolute Gasteiger partial charge is 0.240 e. The number of carbonyl (C=O) groups is 1. The molecule has 2 saturated heterocycles. The molecular formula is C20H28N2O4S. The number of likely N-dealkylation sites (tertiary alicyclic amines) is 1. The average molecular weight is 393 g/mol. The first-order chi connectivity index (χ1) is 13.0.